The van der Waals surface area contributed by atoms with E-state index in [4.69, 9.17) is 18.0 Å². The summed E-state index contributed by atoms with van der Waals surface area (Å²) in [6.45, 7) is 4.11. The number of rotatable bonds is 3. The van der Waals surface area contributed by atoms with E-state index < -0.39 is 0 Å². The van der Waals surface area contributed by atoms with Crippen LogP contribution < -0.4 is 11.1 Å². The van der Waals surface area contributed by atoms with Crippen LogP contribution in [0.1, 0.15) is 16.7 Å². The molecule has 0 radical (unpaired) electrons. The summed E-state index contributed by atoms with van der Waals surface area (Å²) >= 11 is 4.96. The molecular weight excluding hydrogens is 242 g/mol. The van der Waals surface area contributed by atoms with Crippen molar-refractivity contribution < 1.29 is 0 Å². The monoisotopic (exact) mass is 257 g/mol. The first-order chi connectivity index (χ1) is 8.56. The lowest BCUT2D eigenvalue weighted by atomic mass is 10.1. The molecular formula is C14H15N3S. The molecule has 4 heteroatoms. The molecule has 0 saturated carbocycles. The molecule has 1 aromatic heterocycles. The van der Waals surface area contributed by atoms with Crippen molar-refractivity contribution in [2.75, 3.05) is 5.32 Å². The molecule has 0 spiro atoms. The number of pyridine rings is 1. The van der Waals surface area contributed by atoms with Crippen LogP contribution in [0.15, 0.2) is 36.5 Å². The van der Waals surface area contributed by atoms with Gasteiger partial charge in [0, 0.05) is 17.4 Å². The fraction of sp³-hybridized carbons (Fsp3) is 0.143. The standard InChI is InChI=1S/C14H15N3S/c1-9-3-4-10(2)12(7-9)17-13-8-11(14(15)18)5-6-16-13/h3-8H,1-2H3,(H2,15,18)(H,16,17). The lowest BCUT2D eigenvalue weighted by Crippen LogP contribution is -2.10. The molecule has 2 aromatic rings. The van der Waals surface area contributed by atoms with Gasteiger partial charge in [-0.2, -0.15) is 0 Å². The number of nitrogens with one attached hydrogen (secondary N) is 1. The minimum absolute atomic E-state index is 0.376. The summed E-state index contributed by atoms with van der Waals surface area (Å²) in [5.74, 6) is 0.744. The van der Waals surface area contributed by atoms with Crippen molar-refractivity contribution in [3.8, 4) is 0 Å². The van der Waals surface area contributed by atoms with Crippen LogP contribution in [-0.2, 0) is 0 Å². The quantitative estimate of drug-likeness (QED) is 0.830. The highest BCUT2D eigenvalue weighted by atomic mass is 32.1. The van der Waals surface area contributed by atoms with Gasteiger partial charge in [-0.3, -0.25) is 0 Å². The Bertz CT molecular complexity index is 593. The summed E-state index contributed by atoms with van der Waals surface area (Å²) in [4.78, 5) is 4.64. The van der Waals surface area contributed by atoms with Crippen LogP contribution in [0.3, 0.4) is 0 Å². The van der Waals surface area contributed by atoms with E-state index in [-0.39, 0.29) is 0 Å². The first kappa shape index (κ1) is 12.5. The van der Waals surface area contributed by atoms with Gasteiger partial charge in [0.2, 0.25) is 0 Å². The molecule has 0 atom stereocenters. The van der Waals surface area contributed by atoms with Crippen LogP contribution in [0.25, 0.3) is 0 Å². The van der Waals surface area contributed by atoms with Crippen molar-refractivity contribution >= 4 is 28.7 Å². The first-order valence-corrected chi connectivity index (χ1v) is 6.07. The molecule has 18 heavy (non-hydrogen) atoms. The molecule has 0 fully saturated rings. The van der Waals surface area contributed by atoms with Crippen molar-refractivity contribution in [1.29, 1.82) is 0 Å². The average Bonchev–Trinajstić information content (AvgIpc) is 2.34. The summed E-state index contributed by atoms with van der Waals surface area (Å²) in [7, 11) is 0. The number of thiocarbonyl (C=S) groups is 1. The second-order valence-electron chi connectivity index (χ2n) is 4.24. The molecule has 0 unspecified atom stereocenters. The van der Waals surface area contributed by atoms with Gasteiger partial charge in [-0.15, -0.1) is 0 Å². The second kappa shape index (κ2) is 5.14. The molecule has 1 aromatic carbocycles. The minimum Gasteiger partial charge on any atom is -0.389 e. The highest BCUT2D eigenvalue weighted by Gasteiger charge is 2.02. The zero-order valence-electron chi connectivity index (χ0n) is 10.4. The number of aromatic nitrogens is 1. The molecule has 0 aliphatic carbocycles. The summed E-state index contributed by atoms with van der Waals surface area (Å²) in [5.41, 5.74) is 9.83. The van der Waals surface area contributed by atoms with E-state index in [1.54, 1.807) is 12.3 Å². The maximum absolute atomic E-state index is 5.61. The van der Waals surface area contributed by atoms with Crippen LogP contribution in [0.5, 0.6) is 0 Å². The van der Waals surface area contributed by atoms with E-state index >= 15 is 0 Å². The third-order valence-electron chi connectivity index (χ3n) is 2.70. The van der Waals surface area contributed by atoms with E-state index in [0.717, 1.165) is 17.1 Å². The number of anilines is 2. The third-order valence-corrected chi connectivity index (χ3v) is 2.94. The maximum atomic E-state index is 5.61. The molecule has 0 aliphatic rings. The number of nitrogens with zero attached hydrogens (tertiary/aromatic N) is 1. The molecule has 0 bridgehead atoms. The number of hydrogen-bond acceptors (Lipinski definition) is 3. The summed E-state index contributed by atoms with van der Waals surface area (Å²) in [6, 6.07) is 9.90. The number of aryl methyl sites for hydroxylation is 2. The van der Waals surface area contributed by atoms with Crippen LogP contribution >= 0.6 is 12.2 Å². The Morgan fingerprint density at radius 3 is 2.72 bits per heavy atom. The van der Waals surface area contributed by atoms with Crippen molar-refractivity contribution in [1.82, 2.24) is 4.98 Å². The van der Waals surface area contributed by atoms with Crippen molar-refractivity contribution in [2.45, 2.75) is 13.8 Å². The summed E-state index contributed by atoms with van der Waals surface area (Å²) < 4.78 is 0. The topological polar surface area (TPSA) is 50.9 Å². The highest BCUT2D eigenvalue weighted by molar-refractivity contribution is 7.80. The van der Waals surface area contributed by atoms with E-state index in [1.165, 1.54) is 11.1 Å². The Labute approximate surface area is 112 Å². The Morgan fingerprint density at radius 1 is 1.22 bits per heavy atom. The summed E-state index contributed by atoms with van der Waals surface area (Å²) in [5, 5.41) is 3.28. The molecule has 2 rings (SSSR count). The number of benzene rings is 1. The van der Waals surface area contributed by atoms with Gasteiger partial charge in [0.1, 0.15) is 10.8 Å². The maximum Gasteiger partial charge on any atom is 0.130 e. The average molecular weight is 257 g/mol. The molecule has 0 aliphatic heterocycles. The predicted octanol–water partition coefficient (Wildman–Crippen LogP) is 3.08. The highest BCUT2D eigenvalue weighted by Crippen LogP contribution is 2.20. The number of hydrogen-bond donors (Lipinski definition) is 2. The van der Waals surface area contributed by atoms with E-state index in [0.29, 0.717) is 4.99 Å². The van der Waals surface area contributed by atoms with Gasteiger partial charge in [0.15, 0.2) is 0 Å². The molecule has 0 saturated heterocycles. The Morgan fingerprint density at radius 2 is 2.00 bits per heavy atom. The zero-order chi connectivity index (χ0) is 13.1. The lowest BCUT2D eigenvalue weighted by Gasteiger charge is -2.10. The van der Waals surface area contributed by atoms with Crippen molar-refractivity contribution in [3.63, 3.8) is 0 Å². The Balaban J connectivity index is 2.31. The van der Waals surface area contributed by atoms with Gasteiger partial charge in [-0.1, -0.05) is 24.4 Å². The van der Waals surface area contributed by atoms with E-state index in [2.05, 4.69) is 42.3 Å². The summed E-state index contributed by atoms with van der Waals surface area (Å²) in [6.07, 6.45) is 1.70. The van der Waals surface area contributed by atoms with Crippen LogP contribution in [0, 0.1) is 13.8 Å². The first-order valence-electron chi connectivity index (χ1n) is 5.66. The van der Waals surface area contributed by atoms with Gasteiger partial charge in [-0.05, 0) is 43.2 Å². The Hall–Kier alpha value is -1.94. The van der Waals surface area contributed by atoms with Crippen LogP contribution in [-0.4, -0.2) is 9.97 Å². The van der Waals surface area contributed by atoms with Crippen molar-refractivity contribution in [2.24, 2.45) is 5.73 Å². The molecule has 92 valence electrons. The Kier molecular flexibility index (Phi) is 3.58. The second-order valence-corrected chi connectivity index (χ2v) is 4.68. The normalized spacial score (nSPS) is 10.1. The predicted molar refractivity (Wildman–Crippen MR) is 79.3 cm³/mol. The SMILES string of the molecule is Cc1ccc(C)c(Nc2cc(C(N)=S)ccn2)c1. The van der Waals surface area contributed by atoms with Gasteiger partial charge in [0.05, 0.1) is 0 Å². The van der Waals surface area contributed by atoms with Crippen LogP contribution in [0.4, 0.5) is 11.5 Å². The minimum atomic E-state index is 0.376. The molecule has 1 heterocycles. The van der Waals surface area contributed by atoms with E-state index in [9.17, 15) is 0 Å². The van der Waals surface area contributed by atoms with Crippen molar-refractivity contribution in [3.05, 3.63) is 53.2 Å². The van der Waals surface area contributed by atoms with E-state index in [1.807, 2.05) is 6.07 Å². The van der Waals surface area contributed by atoms with Gasteiger partial charge < -0.3 is 11.1 Å². The molecule has 3 N–H and O–H groups in total. The smallest absolute Gasteiger partial charge is 0.130 e. The van der Waals surface area contributed by atoms with Gasteiger partial charge >= 0.3 is 0 Å². The largest absolute Gasteiger partial charge is 0.389 e. The zero-order valence-corrected chi connectivity index (χ0v) is 11.2. The fourth-order valence-electron chi connectivity index (χ4n) is 1.66. The number of nitrogens with two attached hydrogens (primary N) is 1. The third kappa shape index (κ3) is 2.84. The van der Waals surface area contributed by atoms with Crippen LogP contribution in [0.2, 0.25) is 0 Å². The molecule has 0 amide bonds. The van der Waals surface area contributed by atoms with Gasteiger partial charge in [0.25, 0.3) is 0 Å². The fourth-order valence-corrected chi connectivity index (χ4v) is 1.79. The lowest BCUT2D eigenvalue weighted by molar-refractivity contribution is 1.28. The van der Waals surface area contributed by atoms with Gasteiger partial charge in [-0.25, -0.2) is 4.98 Å². The molecule has 3 nitrogen and oxygen atoms in total.